The quantitative estimate of drug-likeness (QED) is 0.664. The first kappa shape index (κ1) is 23.8. The highest BCUT2D eigenvalue weighted by Gasteiger charge is 2.39. The molecule has 0 saturated carbocycles. The molecular formula is C22H26FN3O5S2. The van der Waals surface area contributed by atoms with Gasteiger partial charge in [0.1, 0.15) is 11.9 Å². The highest BCUT2D eigenvalue weighted by atomic mass is 32.2. The van der Waals surface area contributed by atoms with Crippen LogP contribution < -0.4 is 5.32 Å². The van der Waals surface area contributed by atoms with Crippen molar-refractivity contribution in [3.8, 4) is 0 Å². The van der Waals surface area contributed by atoms with Crippen molar-refractivity contribution < 1.29 is 26.0 Å². The molecule has 178 valence electrons. The summed E-state index contributed by atoms with van der Waals surface area (Å²) in [6.07, 6.45) is 3.57. The van der Waals surface area contributed by atoms with Crippen molar-refractivity contribution in [2.45, 2.75) is 47.9 Å². The van der Waals surface area contributed by atoms with E-state index in [0.29, 0.717) is 31.6 Å². The number of nitrogens with one attached hydrogen (secondary N) is 1. The van der Waals surface area contributed by atoms with E-state index in [1.165, 1.54) is 40.7 Å². The van der Waals surface area contributed by atoms with Gasteiger partial charge in [-0.3, -0.25) is 4.79 Å². The van der Waals surface area contributed by atoms with Gasteiger partial charge in [0.15, 0.2) is 0 Å². The molecule has 2 aliphatic heterocycles. The number of carbonyl (C=O) groups is 1. The first-order chi connectivity index (χ1) is 15.7. The van der Waals surface area contributed by atoms with Gasteiger partial charge >= 0.3 is 0 Å². The van der Waals surface area contributed by atoms with Crippen LogP contribution in [0, 0.1) is 5.82 Å². The van der Waals surface area contributed by atoms with Crippen molar-refractivity contribution in [2.75, 3.05) is 25.0 Å². The van der Waals surface area contributed by atoms with E-state index in [4.69, 9.17) is 0 Å². The third kappa shape index (κ3) is 4.96. The van der Waals surface area contributed by atoms with Crippen LogP contribution in [0.15, 0.2) is 58.3 Å². The number of rotatable bonds is 6. The second-order valence-corrected chi connectivity index (χ2v) is 12.0. The molecule has 2 aliphatic rings. The third-order valence-corrected chi connectivity index (χ3v) is 9.84. The molecular weight excluding hydrogens is 469 g/mol. The number of sulfonamides is 2. The molecule has 2 saturated heterocycles. The summed E-state index contributed by atoms with van der Waals surface area (Å²) in [4.78, 5) is 13.0. The van der Waals surface area contributed by atoms with Crippen LogP contribution in [0.25, 0.3) is 0 Å². The highest BCUT2D eigenvalue weighted by molar-refractivity contribution is 7.89. The molecule has 0 aromatic heterocycles. The molecule has 1 amide bonds. The average Bonchev–Trinajstić information content (AvgIpc) is 3.32. The predicted octanol–water partition coefficient (Wildman–Crippen LogP) is 2.79. The van der Waals surface area contributed by atoms with E-state index < -0.39 is 37.8 Å². The van der Waals surface area contributed by atoms with Gasteiger partial charge in [0, 0.05) is 25.3 Å². The maximum absolute atomic E-state index is 13.2. The summed E-state index contributed by atoms with van der Waals surface area (Å²) in [5, 5.41) is 2.69. The molecule has 2 heterocycles. The van der Waals surface area contributed by atoms with Gasteiger partial charge in [-0.15, -0.1) is 0 Å². The van der Waals surface area contributed by atoms with Crippen LogP contribution in [0.5, 0.6) is 0 Å². The minimum atomic E-state index is -3.96. The first-order valence-corrected chi connectivity index (χ1v) is 13.8. The Labute approximate surface area is 193 Å². The molecule has 4 rings (SSSR count). The lowest BCUT2D eigenvalue weighted by atomic mass is 10.2. The number of amides is 1. The zero-order valence-corrected chi connectivity index (χ0v) is 19.6. The summed E-state index contributed by atoms with van der Waals surface area (Å²) >= 11 is 0. The van der Waals surface area contributed by atoms with Crippen molar-refractivity contribution in [1.82, 2.24) is 8.61 Å². The van der Waals surface area contributed by atoms with Gasteiger partial charge in [-0.1, -0.05) is 6.42 Å². The Hall–Kier alpha value is -2.34. The summed E-state index contributed by atoms with van der Waals surface area (Å²) in [6, 6.07) is 9.48. The van der Waals surface area contributed by atoms with Gasteiger partial charge < -0.3 is 5.32 Å². The lowest BCUT2D eigenvalue weighted by molar-refractivity contribution is -0.119. The first-order valence-electron chi connectivity index (χ1n) is 10.9. The van der Waals surface area contributed by atoms with Crippen molar-refractivity contribution in [1.29, 1.82) is 0 Å². The summed E-state index contributed by atoms with van der Waals surface area (Å²) in [5.41, 5.74) is 0.378. The molecule has 2 aromatic carbocycles. The second kappa shape index (κ2) is 9.49. The predicted molar refractivity (Wildman–Crippen MR) is 121 cm³/mol. The van der Waals surface area contributed by atoms with Gasteiger partial charge in [0.25, 0.3) is 0 Å². The lowest BCUT2D eigenvalue weighted by Gasteiger charge is -2.26. The van der Waals surface area contributed by atoms with Crippen molar-refractivity contribution in [2.24, 2.45) is 0 Å². The maximum atomic E-state index is 13.2. The highest BCUT2D eigenvalue weighted by Crippen LogP contribution is 2.28. The van der Waals surface area contributed by atoms with E-state index in [-0.39, 0.29) is 16.3 Å². The van der Waals surface area contributed by atoms with Crippen LogP contribution in [0.3, 0.4) is 0 Å². The molecule has 33 heavy (non-hydrogen) atoms. The van der Waals surface area contributed by atoms with Crippen LogP contribution in [0.2, 0.25) is 0 Å². The Kier molecular flexibility index (Phi) is 6.85. The smallest absolute Gasteiger partial charge is 0.243 e. The van der Waals surface area contributed by atoms with E-state index in [1.54, 1.807) is 0 Å². The normalized spacial score (nSPS) is 20.6. The fraction of sp³-hybridized carbons (Fsp3) is 0.409. The SMILES string of the molecule is O=C(Nc1ccc(S(=O)(=O)N2CCCCC2)cc1)[C@H]1CCCN1S(=O)(=O)c1ccc(F)cc1. The van der Waals surface area contributed by atoms with Gasteiger partial charge in [-0.25, -0.2) is 21.2 Å². The van der Waals surface area contributed by atoms with E-state index in [1.807, 2.05) is 0 Å². The number of benzene rings is 2. The molecule has 8 nitrogen and oxygen atoms in total. The minimum absolute atomic E-state index is 0.0733. The van der Waals surface area contributed by atoms with Crippen LogP contribution in [0.1, 0.15) is 32.1 Å². The van der Waals surface area contributed by atoms with Gasteiger partial charge in [0.05, 0.1) is 9.79 Å². The maximum Gasteiger partial charge on any atom is 0.243 e. The average molecular weight is 496 g/mol. The number of carbonyl (C=O) groups excluding carboxylic acids is 1. The second-order valence-electron chi connectivity index (χ2n) is 8.21. The molecule has 2 aromatic rings. The lowest BCUT2D eigenvalue weighted by Crippen LogP contribution is -2.43. The van der Waals surface area contributed by atoms with Crippen molar-refractivity contribution >= 4 is 31.6 Å². The summed E-state index contributed by atoms with van der Waals surface area (Å²) < 4.78 is 67.3. The third-order valence-electron chi connectivity index (χ3n) is 6.00. The van der Waals surface area contributed by atoms with Crippen LogP contribution in [-0.2, 0) is 24.8 Å². The Morgan fingerprint density at radius 3 is 2.00 bits per heavy atom. The fourth-order valence-electron chi connectivity index (χ4n) is 4.22. The van der Waals surface area contributed by atoms with Crippen LogP contribution in [-0.4, -0.2) is 57.0 Å². The van der Waals surface area contributed by atoms with Gasteiger partial charge in [0.2, 0.25) is 26.0 Å². The molecule has 0 spiro atoms. The van der Waals surface area contributed by atoms with Crippen LogP contribution >= 0.6 is 0 Å². The fourth-order valence-corrected chi connectivity index (χ4v) is 7.40. The zero-order chi connectivity index (χ0) is 23.6. The molecule has 1 N–H and O–H groups in total. The Morgan fingerprint density at radius 1 is 0.788 bits per heavy atom. The summed E-state index contributed by atoms with van der Waals surface area (Å²) in [5.74, 6) is -1.04. The topological polar surface area (TPSA) is 104 Å². The number of hydrogen-bond acceptors (Lipinski definition) is 5. The number of anilines is 1. The number of piperidine rings is 1. The van der Waals surface area contributed by atoms with E-state index in [0.717, 1.165) is 35.7 Å². The van der Waals surface area contributed by atoms with Crippen molar-refractivity contribution in [3.05, 3.63) is 54.3 Å². The molecule has 0 bridgehead atoms. The minimum Gasteiger partial charge on any atom is -0.325 e. The van der Waals surface area contributed by atoms with Crippen LogP contribution in [0.4, 0.5) is 10.1 Å². The Balaban J connectivity index is 1.47. The molecule has 0 radical (unpaired) electrons. The standard InChI is InChI=1S/C22H26FN3O5S2/c23-17-6-10-20(11-7-17)33(30,31)26-16-4-5-21(26)22(27)24-18-8-12-19(13-9-18)32(28,29)25-14-2-1-3-15-25/h6-13,21H,1-5,14-16H2,(H,24,27)/t21-/m1/s1. The molecule has 0 aliphatic carbocycles. The van der Waals surface area contributed by atoms with Gasteiger partial charge in [-0.05, 0) is 74.2 Å². The Morgan fingerprint density at radius 2 is 1.36 bits per heavy atom. The Bertz CT molecular complexity index is 1210. The summed E-state index contributed by atoms with van der Waals surface area (Å²) in [6.45, 7) is 1.19. The number of nitrogens with zero attached hydrogens (tertiary/aromatic N) is 2. The molecule has 2 fully saturated rings. The van der Waals surface area contributed by atoms with Crippen molar-refractivity contribution in [3.63, 3.8) is 0 Å². The van der Waals surface area contributed by atoms with E-state index >= 15 is 0 Å². The zero-order valence-electron chi connectivity index (χ0n) is 18.0. The van der Waals surface area contributed by atoms with E-state index in [9.17, 15) is 26.0 Å². The number of hydrogen-bond donors (Lipinski definition) is 1. The molecule has 11 heteroatoms. The monoisotopic (exact) mass is 495 g/mol. The van der Waals surface area contributed by atoms with Gasteiger partial charge in [-0.2, -0.15) is 8.61 Å². The van der Waals surface area contributed by atoms with E-state index in [2.05, 4.69) is 5.32 Å². The summed E-state index contributed by atoms with van der Waals surface area (Å²) in [7, 11) is -7.54. The molecule has 0 unspecified atom stereocenters. The largest absolute Gasteiger partial charge is 0.325 e. The molecule has 1 atom stereocenters. The number of halogens is 1.